The van der Waals surface area contributed by atoms with Gasteiger partial charge in [0.2, 0.25) is 5.91 Å². The molecule has 4 heteroatoms. The van der Waals surface area contributed by atoms with Gasteiger partial charge >= 0.3 is 0 Å². The first-order valence-electron chi connectivity index (χ1n) is 5.23. The minimum Gasteiger partial charge on any atom is -0.340 e. The summed E-state index contributed by atoms with van der Waals surface area (Å²) in [5, 5.41) is 0. The van der Waals surface area contributed by atoms with E-state index in [4.69, 9.17) is 11.6 Å². The molecule has 1 fully saturated rings. The van der Waals surface area contributed by atoms with Crippen molar-refractivity contribution in [2.24, 2.45) is 0 Å². The van der Waals surface area contributed by atoms with Crippen molar-refractivity contribution in [2.75, 3.05) is 32.1 Å². The molecule has 0 N–H and O–H groups in total. The predicted molar refractivity (Wildman–Crippen MR) is 58.6 cm³/mol. The average Bonchev–Trinajstić information content (AvgIpc) is 2.41. The molecule has 1 saturated heterocycles. The second kappa shape index (κ2) is 5.56. The molecule has 3 nitrogen and oxygen atoms in total. The van der Waals surface area contributed by atoms with E-state index < -0.39 is 0 Å². The number of hydrogen-bond acceptors (Lipinski definition) is 2. The summed E-state index contributed by atoms with van der Waals surface area (Å²) in [6.07, 6.45) is 1.06. The van der Waals surface area contributed by atoms with Crippen LogP contribution in [-0.2, 0) is 4.79 Å². The van der Waals surface area contributed by atoms with Crippen molar-refractivity contribution >= 4 is 17.5 Å². The number of carbonyl (C=O) groups excluding carboxylic acids is 1. The summed E-state index contributed by atoms with van der Waals surface area (Å²) in [5.74, 6) is 0.180. The highest BCUT2D eigenvalue weighted by Gasteiger charge is 2.19. The Morgan fingerprint density at radius 1 is 1.29 bits per heavy atom. The van der Waals surface area contributed by atoms with Gasteiger partial charge in [-0.05, 0) is 20.3 Å². The third-order valence-corrected chi connectivity index (χ3v) is 2.96. The van der Waals surface area contributed by atoms with E-state index in [0.29, 0.717) is 6.04 Å². The molecule has 0 saturated carbocycles. The van der Waals surface area contributed by atoms with Crippen LogP contribution in [0.2, 0.25) is 0 Å². The van der Waals surface area contributed by atoms with E-state index in [-0.39, 0.29) is 11.8 Å². The van der Waals surface area contributed by atoms with Gasteiger partial charge in [-0.3, -0.25) is 9.69 Å². The van der Waals surface area contributed by atoms with Gasteiger partial charge in [0.15, 0.2) is 0 Å². The minimum atomic E-state index is 0.0669. The maximum absolute atomic E-state index is 11.4. The van der Waals surface area contributed by atoms with Crippen LogP contribution < -0.4 is 0 Å². The van der Waals surface area contributed by atoms with Gasteiger partial charge in [-0.2, -0.15) is 0 Å². The lowest BCUT2D eigenvalue weighted by atomic mass is 10.3. The number of nitrogens with zero attached hydrogens (tertiary/aromatic N) is 2. The van der Waals surface area contributed by atoms with Crippen LogP contribution in [-0.4, -0.2) is 53.8 Å². The van der Waals surface area contributed by atoms with Crippen molar-refractivity contribution in [1.29, 1.82) is 0 Å². The van der Waals surface area contributed by atoms with E-state index in [9.17, 15) is 4.79 Å². The van der Waals surface area contributed by atoms with E-state index in [1.807, 2.05) is 4.90 Å². The molecule has 1 aliphatic rings. The monoisotopic (exact) mass is 218 g/mol. The first-order valence-corrected chi connectivity index (χ1v) is 5.76. The van der Waals surface area contributed by atoms with Gasteiger partial charge in [0.25, 0.3) is 0 Å². The van der Waals surface area contributed by atoms with Crippen molar-refractivity contribution in [3.05, 3.63) is 0 Å². The Morgan fingerprint density at radius 2 is 2.00 bits per heavy atom. The van der Waals surface area contributed by atoms with Crippen LogP contribution >= 0.6 is 11.6 Å². The topological polar surface area (TPSA) is 23.6 Å². The highest BCUT2D eigenvalue weighted by Crippen LogP contribution is 2.07. The lowest BCUT2D eigenvalue weighted by molar-refractivity contribution is -0.128. The van der Waals surface area contributed by atoms with E-state index in [0.717, 1.165) is 32.6 Å². The van der Waals surface area contributed by atoms with Gasteiger partial charge in [-0.25, -0.2) is 0 Å². The summed E-state index contributed by atoms with van der Waals surface area (Å²) < 4.78 is 0. The van der Waals surface area contributed by atoms with Crippen molar-refractivity contribution in [2.45, 2.75) is 26.3 Å². The van der Waals surface area contributed by atoms with Crippen LogP contribution in [0.4, 0.5) is 0 Å². The summed E-state index contributed by atoms with van der Waals surface area (Å²) in [5.41, 5.74) is 0. The zero-order chi connectivity index (χ0) is 10.6. The van der Waals surface area contributed by atoms with Crippen LogP contribution in [0.5, 0.6) is 0 Å². The van der Waals surface area contributed by atoms with Crippen molar-refractivity contribution in [3.63, 3.8) is 0 Å². The van der Waals surface area contributed by atoms with Crippen LogP contribution in [0.3, 0.4) is 0 Å². The lowest BCUT2D eigenvalue weighted by Crippen LogP contribution is -2.37. The SMILES string of the molecule is CC(C)N1CCCN(C(=O)CCl)CC1. The number of halogens is 1. The fraction of sp³-hybridized carbons (Fsp3) is 0.900. The largest absolute Gasteiger partial charge is 0.340 e. The highest BCUT2D eigenvalue weighted by atomic mass is 35.5. The molecular formula is C10H19ClN2O. The molecule has 1 heterocycles. The third kappa shape index (κ3) is 3.14. The Balaban J connectivity index is 2.44. The number of rotatable bonds is 2. The standard InChI is InChI=1S/C10H19ClN2O/c1-9(2)12-4-3-5-13(7-6-12)10(14)8-11/h9H,3-8H2,1-2H3. The third-order valence-electron chi connectivity index (χ3n) is 2.73. The molecule has 1 rings (SSSR count). The Hall–Kier alpha value is -0.280. The Labute approximate surface area is 91.0 Å². The minimum absolute atomic E-state index is 0.0669. The molecular weight excluding hydrogens is 200 g/mol. The van der Waals surface area contributed by atoms with Gasteiger partial charge < -0.3 is 4.90 Å². The van der Waals surface area contributed by atoms with Crippen molar-refractivity contribution < 1.29 is 4.79 Å². The first-order chi connectivity index (χ1) is 6.65. The summed E-state index contributed by atoms with van der Waals surface area (Å²) in [6.45, 7) is 8.13. The van der Waals surface area contributed by atoms with E-state index >= 15 is 0 Å². The molecule has 0 spiro atoms. The first kappa shape index (κ1) is 11.8. The zero-order valence-corrected chi connectivity index (χ0v) is 9.76. The number of carbonyl (C=O) groups is 1. The molecule has 1 aliphatic heterocycles. The quantitative estimate of drug-likeness (QED) is 0.650. The van der Waals surface area contributed by atoms with Gasteiger partial charge in [-0.1, -0.05) is 0 Å². The van der Waals surface area contributed by atoms with Crippen molar-refractivity contribution in [3.8, 4) is 0 Å². The van der Waals surface area contributed by atoms with E-state index in [2.05, 4.69) is 18.7 Å². The van der Waals surface area contributed by atoms with Crippen LogP contribution in [0.15, 0.2) is 0 Å². The number of amides is 1. The molecule has 0 aromatic heterocycles. The molecule has 82 valence electrons. The number of hydrogen-bond donors (Lipinski definition) is 0. The highest BCUT2D eigenvalue weighted by molar-refractivity contribution is 6.27. The summed E-state index contributed by atoms with van der Waals surface area (Å²) in [7, 11) is 0. The Kier molecular flexibility index (Phi) is 4.69. The number of alkyl halides is 1. The summed E-state index contributed by atoms with van der Waals surface area (Å²) >= 11 is 5.53. The van der Waals surface area contributed by atoms with Gasteiger partial charge in [0.05, 0.1) is 0 Å². The molecule has 0 radical (unpaired) electrons. The second-order valence-corrected chi connectivity index (χ2v) is 4.26. The van der Waals surface area contributed by atoms with Crippen LogP contribution in [0.1, 0.15) is 20.3 Å². The molecule has 0 aromatic rings. The molecule has 0 atom stereocenters. The second-order valence-electron chi connectivity index (χ2n) is 4.00. The van der Waals surface area contributed by atoms with E-state index in [1.54, 1.807) is 0 Å². The molecule has 1 amide bonds. The van der Waals surface area contributed by atoms with Gasteiger partial charge in [0, 0.05) is 32.2 Å². The molecule has 0 aliphatic carbocycles. The van der Waals surface area contributed by atoms with E-state index in [1.165, 1.54) is 0 Å². The summed E-state index contributed by atoms with van der Waals surface area (Å²) in [6, 6.07) is 0.570. The fourth-order valence-electron chi connectivity index (χ4n) is 1.79. The summed E-state index contributed by atoms with van der Waals surface area (Å²) in [4.78, 5) is 15.6. The fourth-order valence-corrected chi connectivity index (χ4v) is 1.96. The molecule has 0 unspecified atom stereocenters. The molecule has 0 aromatic carbocycles. The molecule has 14 heavy (non-hydrogen) atoms. The van der Waals surface area contributed by atoms with Gasteiger partial charge in [0.1, 0.15) is 5.88 Å². The predicted octanol–water partition coefficient (Wildman–Crippen LogP) is 1.17. The Morgan fingerprint density at radius 3 is 2.57 bits per heavy atom. The average molecular weight is 219 g/mol. The van der Waals surface area contributed by atoms with Crippen LogP contribution in [0.25, 0.3) is 0 Å². The maximum Gasteiger partial charge on any atom is 0.237 e. The van der Waals surface area contributed by atoms with Gasteiger partial charge in [-0.15, -0.1) is 11.6 Å². The smallest absolute Gasteiger partial charge is 0.237 e. The maximum atomic E-state index is 11.4. The van der Waals surface area contributed by atoms with Crippen molar-refractivity contribution in [1.82, 2.24) is 9.80 Å². The Bertz CT molecular complexity index is 197. The van der Waals surface area contributed by atoms with Crippen LogP contribution in [0, 0.1) is 0 Å². The molecule has 0 bridgehead atoms. The zero-order valence-electron chi connectivity index (χ0n) is 9.00. The normalized spacial score (nSPS) is 19.9. The lowest BCUT2D eigenvalue weighted by Gasteiger charge is -2.24.